The molecule has 2 rings (SSSR count). The fraction of sp³-hybridized carbons (Fsp3) is 0.500. The Morgan fingerprint density at radius 3 is 2.81 bits per heavy atom. The second-order valence-corrected chi connectivity index (χ2v) is 4.15. The van der Waals surface area contributed by atoms with Crippen LogP contribution >= 0.6 is 0 Å². The zero-order valence-electron chi connectivity index (χ0n) is 9.26. The number of pyridine rings is 1. The van der Waals surface area contributed by atoms with Gasteiger partial charge in [-0.05, 0) is 19.0 Å². The standard InChI is InChI=1S/C12H16N2O2/c15-11-4-3-6-13(10-11)8-9-14-7-2-1-5-12(14)16/h1-2,5,7H,3-4,6,8-10H2. The van der Waals surface area contributed by atoms with Crippen molar-refractivity contribution in [2.45, 2.75) is 19.4 Å². The van der Waals surface area contributed by atoms with E-state index in [0.717, 1.165) is 19.5 Å². The molecule has 1 fully saturated rings. The second kappa shape index (κ2) is 5.07. The number of piperidine rings is 1. The Morgan fingerprint density at radius 1 is 1.19 bits per heavy atom. The van der Waals surface area contributed by atoms with E-state index in [-0.39, 0.29) is 5.56 Å². The first kappa shape index (κ1) is 11.1. The molecule has 2 heterocycles. The Labute approximate surface area is 94.5 Å². The Kier molecular flexibility index (Phi) is 3.51. The SMILES string of the molecule is O=C1CCCN(CCn2ccccc2=O)C1. The van der Waals surface area contributed by atoms with Crippen LogP contribution in [0, 0.1) is 0 Å². The van der Waals surface area contributed by atoms with E-state index >= 15 is 0 Å². The van der Waals surface area contributed by atoms with Crippen LogP contribution in [0.2, 0.25) is 0 Å². The van der Waals surface area contributed by atoms with Gasteiger partial charge in [-0.25, -0.2) is 0 Å². The van der Waals surface area contributed by atoms with Gasteiger partial charge in [-0.3, -0.25) is 14.5 Å². The zero-order chi connectivity index (χ0) is 11.4. The van der Waals surface area contributed by atoms with Gasteiger partial charge in [-0.2, -0.15) is 0 Å². The van der Waals surface area contributed by atoms with Gasteiger partial charge in [-0.1, -0.05) is 6.07 Å². The molecule has 1 aromatic rings. The van der Waals surface area contributed by atoms with E-state index in [1.165, 1.54) is 0 Å². The molecule has 1 aliphatic rings. The third-order valence-electron chi connectivity index (χ3n) is 2.89. The Bertz CT molecular complexity index is 425. The zero-order valence-corrected chi connectivity index (χ0v) is 9.26. The fourth-order valence-corrected chi connectivity index (χ4v) is 1.99. The number of nitrogens with zero attached hydrogens (tertiary/aromatic N) is 2. The smallest absolute Gasteiger partial charge is 0.250 e. The lowest BCUT2D eigenvalue weighted by Crippen LogP contribution is -2.38. The monoisotopic (exact) mass is 220 g/mol. The quantitative estimate of drug-likeness (QED) is 0.745. The normalized spacial score (nSPS) is 17.6. The van der Waals surface area contributed by atoms with Crippen molar-refractivity contribution >= 4 is 5.78 Å². The summed E-state index contributed by atoms with van der Waals surface area (Å²) < 4.78 is 1.68. The predicted octanol–water partition coefficient (Wildman–Crippen LogP) is 0.513. The molecule has 0 radical (unpaired) electrons. The molecule has 0 N–H and O–H groups in total. The maximum absolute atomic E-state index is 11.4. The summed E-state index contributed by atoms with van der Waals surface area (Å²) in [5.74, 6) is 0.312. The van der Waals surface area contributed by atoms with Gasteiger partial charge in [0.1, 0.15) is 5.78 Å². The Morgan fingerprint density at radius 2 is 2.06 bits per heavy atom. The van der Waals surface area contributed by atoms with E-state index in [0.29, 0.717) is 25.3 Å². The molecule has 1 aromatic heterocycles. The molecule has 0 bridgehead atoms. The lowest BCUT2D eigenvalue weighted by molar-refractivity contribution is -0.122. The predicted molar refractivity (Wildman–Crippen MR) is 61.4 cm³/mol. The highest BCUT2D eigenvalue weighted by Crippen LogP contribution is 2.05. The van der Waals surface area contributed by atoms with Crippen LogP contribution in [-0.2, 0) is 11.3 Å². The van der Waals surface area contributed by atoms with Crippen LogP contribution in [0.25, 0.3) is 0 Å². The third kappa shape index (κ3) is 2.79. The average molecular weight is 220 g/mol. The van der Waals surface area contributed by atoms with Crippen molar-refractivity contribution in [2.24, 2.45) is 0 Å². The highest BCUT2D eigenvalue weighted by Gasteiger charge is 2.15. The van der Waals surface area contributed by atoms with Crippen LogP contribution in [0.3, 0.4) is 0 Å². The lowest BCUT2D eigenvalue weighted by Gasteiger charge is -2.25. The summed E-state index contributed by atoms with van der Waals surface area (Å²) in [5.41, 5.74) is 0.0193. The van der Waals surface area contributed by atoms with Gasteiger partial charge < -0.3 is 4.57 Å². The molecule has 0 saturated carbocycles. The summed E-state index contributed by atoms with van der Waals surface area (Å²) in [6.07, 6.45) is 3.44. The van der Waals surface area contributed by atoms with E-state index in [1.54, 1.807) is 22.9 Å². The number of likely N-dealkylation sites (tertiary alicyclic amines) is 1. The van der Waals surface area contributed by atoms with Crippen molar-refractivity contribution in [1.82, 2.24) is 9.47 Å². The fourth-order valence-electron chi connectivity index (χ4n) is 1.99. The van der Waals surface area contributed by atoms with Crippen molar-refractivity contribution in [1.29, 1.82) is 0 Å². The topological polar surface area (TPSA) is 42.3 Å². The molecule has 16 heavy (non-hydrogen) atoms. The molecule has 0 spiro atoms. The minimum absolute atomic E-state index is 0.0193. The summed E-state index contributed by atoms with van der Waals surface area (Å²) in [4.78, 5) is 24.8. The van der Waals surface area contributed by atoms with Gasteiger partial charge in [0, 0.05) is 31.8 Å². The van der Waals surface area contributed by atoms with Crippen molar-refractivity contribution in [3.63, 3.8) is 0 Å². The number of carbonyl (C=O) groups excluding carboxylic acids is 1. The van der Waals surface area contributed by atoms with Crippen LogP contribution in [-0.4, -0.2) is 34.9 Å². The molecular formula is C12H16N2O2. The average Bonchev–Trinajstić information content (AvgIpc) is 2.28. The van der Waals surface area contributed by atoms with E-state index in [1.807, 2.05) is 6.07 Å². The molecule has 0 atom stereocenters. The number of hydrogen-bond donors (Lipinski definition) is 0. The Balaban J connectivity index is 1.90. The molecule has 1 saturated heterocycles. The first-order valence-electron chi connectivity index (χ1n) is 5.65. The molecule has 0 aromatic carbocycles. The molecule has 4 nitrogen and oxygen atoms in total. The third-order valence-corrected chi connectivity index (χ3v) is 2.89. The van der Waals surface area contributed by atoms with Crippen LogP contribution in [0.1, 0.15) is 12.8 Å². The first-order chi connectivity index (χ1) is 7.75. The van der Waals surface area contributed by atoms with Crippen molar-refractivity contribution in [2.75, 3.05) is 19.6 Å². The van der Waals surface area contributed by atoms with E-state index < -0.39 is 0 Å². The summed E-state index contributed by atoms with van der Waals surface area (Å²) in [7, 11) is 0. The summed E-state index contributed by atoms with van der Waals surface area (Å²) in [6.45, 7) is 2.94. The Hall–Kier alpha value is -1.42. The molecule has 4 heteroatoms. The van der Waals surface area contributed by atoms with Crippen molar-refractivity contribution in [3.8, 4) is 0 Å². The maximum Gasteiger partial charge on any atom is 0.250 e. The largest absolute Gasteiger partial charge is 0.314 e. The molecule has 86 valence electrons. The minimum atomic E-state index is 0.0193. The summed E-state index contributed by atoms with van der Waals surface area (Å²) in [5, 5.41) is 0. The highest BCUT2D eigenvalue weighted by atomic mass is 16.1. The van der Waals surface area contributed by atoms with Crippen LogP contribution in [0.15, 0.2) is 29.2 Å². The van der Waals surface area contributed by atoms with Gasteiger partial charge in [0.2, 0.25) is 0 Å². The highest BCUT2D eigenvalue weighted by molar-refractivity contribution is 5.81. The lowest BCUT2D eigenvalue weighted by atomic mass is 10.1. The number of carbonyl (C=O) groups is 1. The van der Waals surface area contributed by atoms with Crippen LogP contribution in [0.4, 0.5) is 0 Å². The van der Waals surface area contributed by atoms with Crippen LogP contribution < -0.4 is 5.56 Å². The number of Topliss-reactive ketones (excluding diaryl/α,β-unsaturated/α-hetero) is 1. The van der Waals surface area contributed by atoms with Gasteiger partial charge in [0.05, 0.1) is 6.54 Å². The van der Waals surface area contributed by atoms with Gasteiger partial charge in [0.25, 0.3) is 5.56 Å². The number of aromatic nitrogens is 1. The number of hydrogen-bond acceptors (Lipinski definition) is 3. The minimum Gasteiger partial charge on any atom is -0.314 e. The van der Waals surface area contributed by atoms with Crippen molar-refractivity contribution in [3.05, 3.63) is 34.7 Å². The van der Waals surface area contributed by atoms with E-state index in [2.05, 4.69) is 4.90 Å². The molecular weight excluding hydrogens is 204 g/mol. The molecule has 1 aliphatic heterocycles. The van der Waals surface area contributed by atoms with Crippen LogP contribution in [0.5, 0.6) is 0 Å². The number of ketones is 1. The molecule has 0 amide bonds. The summed E-state index contributed by atoms with van der Waals surface area (Å²) >= 11 is 0. The molecule has 0 unspecified atom stereocenters. The maximum atomic E-state index is 11.4. The molecule has 0 aliphatic carbocycles. The van der Waals surface area contributed by atoms with Gasteiger partial charge >= 0.3 is 0 Å². The van der Waals surface area contributed by atoms with E-state index in [4.69, 9.17) is 0 Å². The van der Waals surface area contributed by atoms with Gasteiger partial charge in [-0.15, -0.1) is 0 Å². The summed E-state index contributed by atoms with van der Waals surface area (Å²) in [6, 6.07) is 5.15. The number of rotatable bonds is 3. The van der Waals surface area contributed by atoms with Gasteiger partial charge in [0.15, 0.2) is 0 Å². The first-order valence-corrected chi connectivity index (χ1v) is 5.65. The van der Waals surface area contributed by atoms with E-state index in [9.17, 15) is 9.59 Å². The van der Waals surface area contributed by atoms with Crippen molar-refractivity contribution < 1.29 is 4.79 Å². The second-order valence-electron chi connectivity index (χ2n) is 4.15.